The molecule has 0 unspecified atom stereocenters. The van der Waals surface area contributed by atoms with Crippen LogP contribution in [-0.2, 0) is 16.1 Å². The number of piperazine rings is 1. The quantitative estimate of drug-likeness (QED) is 0.739. The third kappa shape index (κ3) is 2.54. The highest BCUT2D eigenvalue weighted by atomic mass is 16.2. The van der Waals surface area contributed by atoms with Crippen LogP contribution in [0.15, 0.2) is 18.2 Å². The molecular weight excluding hydrogens is 308 g/mol. The smallest absolute Gasteiger partial charge is 0.255 e. The van der Waals surface area contributed by atoms with E-state index in [0.717, 1.165) is 37.4 Å². The molecule has 3 heterocycles. The SMILES string of the molecule is O=C1CC[C@@H](N2Cc3ccc(N4CCNCC4)cc3C2=O)C(=O)N1. The molecule has 0 bridgehead atoms. The van der Waals surface area contributed by atoms with E-state index in [4.69, 9.17) is 0 Å². The molecule has 0 spiro atoms. The highest BCUT2D eigenvalue weighted by Gasteiger charge is 2.39. The second kappa shape index (κ2) is 5.90. The molecule has 7 heteroatoms. The van der Waals surface area contributed by atoms with E-state index in [1.807, 2.05) is 18.2 Å². The van der Waals surface area contributed by atoms with Crippen molar-refractivity contribution in [3.05, 3.63) is 29.3 Å². The van der Waals surface area contributed by atoms with Gasteiger partial charge in [-0.2, -0.15) is 0 Å². The lowest BCUT2D eigenvalue weighted by Gasteiger charge is -2.30. The molecule has 3 amide bonds. The van der Waals surface area contributed by atoms with Gasteiger partial charge in [-0.25, -0.2) is 0 Å². The van der Waals surface area contributed by atoms with Crippen molar-refractivity contribution in [3.63, 3.8) is 0 Å². The number of benzene rings is 1. The van der Waals surface area contributed by atoms with Gasteiger partial charge in [0.05, 0.1) is 0 Å². The predicted molar refractivity (Wildman–Crippen MR) is 87.6 cm³/mol. The fourth-order valence-electron chi connectivity index (χ4n) is 3.66. The molecule has 2 saturated heterocycles. The number of piperidine rings is 1. The number of carbonyl (C=O) groups is 3. The van der Waals surface area contributed by atoms with Crippen molar-refractivity contribution in [1.29, 1.82) is 0 Å². The molecule has 1 aromatic carbocycles. The van der Waals surface area contributed by atoms with Crippen LogP contribution in [0.2, 0.25) is 0 Å². The number of hydrogen-bond donors (Lipinski definition) is 2. The van der Waals surface area contributed by atoms with Gasteiger partial charge in [0.25, 0.3) is 5.91 Å². The van der Waals surface area contributed by atoms with E-state index in [1.165, 1.54) is 0 Å². The lowest BCUT2D eigenvalue weighted by atomic mass is 10.0. The van der Waals surface area contributed by atoms with Crippen LogP contribution in [0.5, 0.6) is 0 Å². The number of anilines is 1. The summed E-state index contributed by atoms with van der Waals surface area (Å²) in [6.45, 7) is 4.15. The topological polar surface area (TPSA) is 81.8 Å². The second-order valence-corrected chi connectivity index (χ2v) is 6.48. The minimum absolute atomic E-state index is 0.114. The first kappa shape index (κ1) is 15.1. The van der Waals surface area contributed by atoms with Gasteiger partial charge in [-0.05, 0) is 24.1 Å². The summed E-state index contributed by atoms with van der Waals surface area (Å²) in [7, 11) is 0. The van der Waals surface area contributed by atoms with E-state index in [-0.39, 0.29) is 24.1 Å². The summed E-state index contributed by atoms with van der Waals surface area (Å²) in [5.41, 5.74) is 2.67. The summed E-state index contributed by atoms with van der Waals surface area (Å²) in [6.07, 6.45) is 0.678. The van der Waals surface area contributed by atoms with E-state index in [9.17, 15) is 14.4 Å². The zero-order valence-corrected chi connectivity index (χ0v) is 13.4. The number of carbonyl (C=O) groups excluding carboxylic acids is 3. The predicted octanol–water partition coefficient (Wildman–Crippen LogP) is -0.143. The fourth-order valence-corrected chi connectivity index (χ4v) is 3.66. The molecular formula is C17H20N4O3. The Hall–Kier alpha value is -2.41. The largest absolute Gasteiger partial charge is 0.369 e. The maximum atomic E-state index is 12.8. The third-order valence-corrected chi connectivity index (χ3v) is 4.99. The summed E-state index contributed by atoms with van der Waals surface area (Å²) in [5, 5.41) is 5.65. The van der Waals surface area contributed by atoms with Crippen LogP contribution in [-0.4, -0.2) is 54.8 Å². The van der Waals surface area contributed by atoms with E-state index < -0.39 is 6.04 Å². The summed E-state index contributed by atoms with van der Waals surface area (Å²) in [5.74, 6) is -0.743. The highest BCUT2D eigenvalue weighted by Crippen LogP contribution is 2.30. The van der Waals surface area contributed by atoms with Crippen LogP contribution < -0.4 is 15.5 Å². The Morgan fingerprint density at radius 3 is 2.62 bits per heavy atom. The number of nitrogens with one attached hydrogen (secondary N) is 2. The maximum Gasteiger partial charge on any atom is 0.255 e. The zero-order valence-electron chi connectivity index (χ0n) is 13.4. The molecule has 2 fully saturated rings. The average molecular weight is 328 g/mol. The minimum Gasteiger partial charge on any atom is -0.369 e. The van der Waals surface area contributed by atoms with Crippen molar-refractivity contribution in [2.24, 2.45) is 0 Å². The molecule has 4 rings (SSSR count). The summed E-state index contributed by atoms with van der Waals surface area (Å²) < 4.78 is 0. The summed E-state index contributed by atoms with van der Waals surface area (Å²) in [4.78, 5) is 40.0. The van der Waals surface area contributed by atoms with Gasteiger partial charge in [0.15, 0.2) is 0 Å². The van der Waals surface area contributed by atoms with Crippen LogP contribution in [0, 0.1) is 0 Å². The Balaban J connectivity index is 1.56. The van der Waals surface area contributed by atoms with E-state index in [0.29, 0.717) is 18.5 Å². The van der Waals surface area contributed by atoms with Gasteiger partial charge in [0, 0.05) is 50.4 Å². The minimum atomic E-state index is -0.551. The number of imide groups is 1. The monoisotopic (exact) mass is 328 g/mol. The Labute approximate surface area is 140 Å². The van der Waals surface area contributed by atoms with Crippen molar-refractivity contribution >= 4 is 23.4 Å². The Kier molecular flexibility index (Phi) is 3.72. The second-order valence-electron chi connectivity index (χ2n) is 6.48. The molecule has 3 aliphatic heterocycles. The molecule has 1 atom stereocenters. The van der Waals surface area contributed by atoms with Crippen molar-refractivity contribution in [2.45, 2.75) is 25.4 Å². The molecule has 126 valence electrons. The summed E-state index contributed by atoms with van der Waals surface area (Å²) >= 11 is 0. The molecule has 3 aliphatic rings. The molecule has 0 aromatic heterocycles. The first-order chi connectivity index (χ1) is 11.6. The highest BCUT2D eigenvalue weighted by molar-refractivity contribution is 6.05. The number of nitrogens with zero attached hydrogens (tertiary/aromatic N) is 2. The van der Waals surface area contributed by atoms with Gasteiger partial charge in [-0.3, -0.25) is 19.7 Å². The lowest BCUT2D eigenvalue weighted by molar-refractivity contribution is -0.136. The molecule has 2 N–H and O–H groups in total. The van der Waals surface area contributed by atoms with Gasteiger partial charge < -0.3 is 15.1 Å². The maximum absolute atomic E-state index is 12.8. The van der Waals surface area contributed by atoms with Gasteiger partial charge >= 0.3 is 0 Å². The van der Waals surface area contributed by atoms with E-state index >= 15 is 0 Å². The average Bonchev–Trinajstić information content (AvgIpc) is 2.92. The lowest BCUT2D eigenvalue weighted by Crippen LogP contribution is -2.52. The van der Waals surface area contributed by atoms with Crippen LogP contribution in [0.4, 0.5) is 5.69 Å². The molecule has 0 radical (unpaired) electrons. The Morgan fingerprint density at radius 2 is 1.88 bits per heavy atom. The fraction of sp³-hybridized carbons (Fsp3) is 0.471. The van der Waals surface area contributed by atoms with Crippen molar-refractivity contribution in [2.75, 3.05) is 31.1 Å². The number of rotatable bonds is 2. The molecule has 0 aliphatic carbocycles. The molecule has 1 aromatic rings. The van der Waals surface area contributed by atoms with Crippen molar-refractivity contribution in [1.82, 2.24) is 15.5 Å². The third-order valence-electron chi connectivity index (χ3n) is 4.99. The number of hydrogen-bond acceptors (Lipinski definition) is 5. The van der Waals surface area contributed by atoms with Crippen molar-refractivity contribution in [3.8, 4) is 0 Å². The first-order valence-corrected chi connectivity index (χ1v) is 8.37. The number of amides is 3. The molecule has 7 nitrogen and oxygen atoms in total. The van der Waals surface area contributed by atoms with Crippen LogP contribution in [0.3, 0.4) is 0 Å². The van der Waals surface area contributed by atoms with Gasteiger partial charge in [0.1, 0.15) is 6.04 Å². The van der Waals surface area contributed by atoms with Crippen LogP contribution in [0.25, 0.3) is 0 Å². The first-order valence-electron chi connectivity index (χ1n) is 8.37. The summed E-state index contributed by atoms with van der Waals surface area (Å²) in [6, 6.07) is 5.42. The number of fused-ring (bicyclic) bond motifs is 1. The van der Waals surface area contributed by atoms with Gasteiger partial charge in [-0.1, -0.05) is 6.07 Å². The zero-order chi connectivity index (χ0) is 16.7. The van der Waals surface area contributed by atoms with E-state index in [1.54, 1.807) is 4.90 Å². The Morgan fingerprint density at radius 1 is 1.08 bits per heavy atom. The van der Waals surface area contributed by atoms with Crippen LogP contribution >= 0.6 is 0 Å². The van der Waals surface area contributed by atoms with Crippen molar-refractivity contribution < 1.29 is 14.4 Å². The van der Waals surface area contributed by atoms with Crippen LogP contribution in [0.1, 0.15) is 28.8 Å². The Bertz CT molecular complexity index is 712. The van der Waals surface area contributed by atoms with Gasteiger partial charge in [0.2, 0.25) is 11.8 Å². The standard InChI is InChI=1S/C17H20N4O3/c22-15-4-3-14(16(23)19-15)21-10-11-1-2-12(9-13(11)17(21)24)20-7-5-18-6-8-20/h1-2,9,14,18H,3-8,10H2,(H,19,22,23)/t14-/m1/s1. The van der Waals surface area contributed by atoms with Gasteiger partial charge in [-0.15, -0.1) is 0 Å². The normalized spacial score (nSPS) is 24.2. The van der Waals surface area contributed by atoms with E-state index in [2.05, 4.69) is 15.5 Å². The molecule has 24 heavy (non-hydrogen) atoms. The molecule has 0 saturated carbocycles.